The van der Waals surface area contributed by atoms with Gasteiger partial charge < -0.3 is 18.8 Å². The summed E-state index contributed by atoms with van der Waals surface area (Å²) < 4.78 is 16.3. The molecule has 0 spiro atoms. The van der Waals surface area contributed by atoms with E-state index in [1.807, 2.05) is 4.90 Å². The summed E-state index contributed by atoms with van der Waals surface area (Å²) in [5.41, 5.74) is 0.684. The van der Waals surface area contributed by atoms with Crippen LogP contribution in [0.2, 0.25) is 0 Å². The summed E-state index contributed by atoms with van der Waals surface area (Å²) in [6.45, 7) is 2.93. The van der Waals surface area contributed by atoms with Crippen LogP contribution >= 0.6 is 11.8 Å². The smallest absolute Gasteiger partial charge is 0.277 e. The molecule has 1 aliphatic heterocycles. The number of likely N-dealkylation sites (tertiary alicyclic amines) is 1. The normalized spacial score (nSPS) is 17.2. The number of carbonyl (C=O) groups excluding carboxylic acids is 1. The van der Waals surface area contributed by atoms with Crippen LogP contribution in [-0.2, 0) is 4.79 Å². The van der Waals surface area contributed by atoms with Gasteiger partial charge in [-0.1, -0.05) is 11.8 Å². The standard InChI is InChI=1S/C18H23N3O4S/c1-12-6-4-5-9-21(12)16(22)11-26-18-20-19-17(25-18)14-8-7-13(23-2)10-15(14)24-3/h7-8,10,12H,4-6,9,11H2,1-3H3. The molecule has 140 valence electrons. The molecular formula is C18H23N3O4S. The van der Waals surface area contributed by atoms with Gasteiger partial charge >= 0.3 is 0 Å². The molecule has 1 aromatic heterocycles. The molecule has 1 fully saturated rings. The molecule has 1 amide bonds. The number of methoxy groups -OCH3 is 2. The SMILES string of the molecule is COc1ccc(-c2nnc(SCC(=O)N3CCCCC3C)o2)c(OC)c1. The number of ether oxygens (including phenoxy) is 2. The van der Waals surface area contributed by atoms with Gasteiger partial charge in [-0.25, -0.2) is 0 Å². The Bertz CT molecular complexity index is 765. The minimum atomic E-state index is 0.115. The molecule has 8 heteroatoms. The fourth-order valence-corrected chi connectivity index (χ4v) is 3.68. The lowest BCUT2D eigenvalue weighted by Gasteiger charge is -2.33. The van der Waals surface area contributed by atoms with Crippen LogP contribution < -0.4 is 9.47 Å². The van der Waals surface area contributed by atoms with E-state index in [1.54, 1.807) is 32.4 Å². The fourth-order valence-electron chi connectivity index (χ4n) is 3.03. The predicted molar refractivity (Wildman–Crippen MR) is 98.6 cm³/mol. The second kappa shape index (κ2) is 8.44. The van der Waals surface area contributed by atoms with Gasteiger partial charge in [-0.15, -0.1) is 10.2 Å². The number of nitrogens with zero attached hydrogens (tertiary/aromatic N) is 3. The van der Waals surface area contributed by atoms with Crippen molar-refractivity contribution in [1.82, 2.24) is 15.1 Å². The Labute approximate surface area is 157 Å². The molecule has 3 rings (SSSR count). The van der Waals surface area contributed by atoms with E-state index in [0.717, 1.165) is 19.4 Å². The highest BCUT2D eigenvalue weighted by Crippen LogP contribution is 2.33. The molecule has 0 saturated carbocycles. The van der Waals surface area contributed by atoms with Crippen molar-refractivity contribution in [3.8, 4) is 23.0 Å². The Kier molecular flexibility index (Phi) is 6.03. The molecule has 2 aromatic rings. The van der Waals surface area contributed by atoms with Crippen LogP contribution in [0.15, 0.2) is 27.8 Å². The number of carbonyl (C=O) groups is 1. The fraction of sp³-hybridized carbons (Fsp3) is 0.500. The van der Waals surface area contributed by atoms with Crippen molar-refractivity contribution in [2.24, 2.45) is 0 Å². The van der Waals surface area contributed by atoms with Gasteiger partial charge in [0.1, 0.15) is 11.5 Å². The lowest BCUT2D eigenvalue weighted by atomic mass is 10.0. The topological polar surface area (TPSA) is 77.7 Å². The van der Waals surface area contributed by atoms with Crippen molar-refractivity contribution < 1.29 is 18.7 Å². The van der Waals surface area contributed by atoms with Gasteiger partial charge in [0.15, 0.2) is 0 Å². The van der Waals surface area contributed by atoms with Crippen LogP contribution in [0.3, 0.4) is 0 Å². The lowest BCUT2D eigenvalue weighted by molar-refractivity contribution is -0.131. The molecule has 7 nitrogen and oxygen atoms in total. The number of rotatable bonds is 6. The first-order valence-corrected chi connectivity index (χ1v) is 9.59. The van der Waals surface area contributed by atoms with Crippen LogP contribution in [0.4, 0.5) is 0 Å². The zero-order chi connectivity index (χ0) is 18.5. The Morgan fingerprint density at radius 3 is 2.88 bits per heavy atom. The highest BCUT2D eigenvalue weighted by molar-refractivity contribution is 7.99. The molecule has 0 aliphatic carbocycles. The Hall–Kier alpha value is -2.22. The summed E-state index contributed by atoms with van der Waals surface area (Å²) in [7, 11) is 3.17. The zero-order valence-corrected chi connectivity index (χ0v) is 16.0. The van der Waals surface area contributed by atoms with E-state index in [1.165, 1.54) is 18.2 Å². The molecule has 26 heavy (non-hydrogen) atoms. The number of hydrogen-bond donors (Lipinski definition) is 0. The van der Waals surface area contributed by atoms with Gasteiger partial charge in [0, 0.05) is 18.7 Å². The molecule has 1 atom stereocenters. The molecule has 0 radical (unpaired) electrons. The van der Waals surface area contributed by atoms with E-state index in [2.05, 4.69) is 17.1 Å². The van der Waals surface area contributed by atoms with Crippen LogP contribution in [0.5, 0.6) is 11.5 Å². The minimum absolute atomic E-state index is 0.115. The first-order chi connectivity index (χ1) is 12.6. The van der Waals surface area contributed by atoms with E-state index in [-0.39, 0.29) is 5.91 Å². The Morgan fingerprint density at radius 1 is 1.31 bits per heavy atom. The summed E-state index contributed by atoms with van der Waals surface area (Å²) in [5, 5.41) is 8.48. The summed E-state index contributed by atoms with van der Waals surface area (Å²) in [6, 6.07) is 5.67. The Balaban J connectivity index is 1.66. The quantitative estimate of drug-likeness (QED) is 0.715. The third kappa shape index (κ3) is 4.12. The van der Waals surface area contributed by atoms with E-state index in [4.69, 9.17) is 13.9 Å². The van der Waals surface area contributed by atoms with Crippen molar-refractivity contribution in [2.45, 2.75) is 37.5 Å². The first kappa shape index (κ1) is 18.6. The number of amides is 1. The number of thioether (sulfide) groups is 1. The first-order valence-electron chi connectivity index (χ1n) is 8.60. The van der Waals surface area contributed by atoms with Gasteiger partial charge in [-0.2, -0.15) is 0 Å². The average Bonchev–Trinajstić information content (AvgIpc) is 3.14. The van der Waals surface area contributed by atoms with Crippen LogP contribution in [-0.4, -0.2) is 53.6 Å². The number of piperidine rings is 1. The molecule has 0 N–H and O–H groups in total. The van der Waals surface area contributed by atoms with Crippen LogP contribution in [0, 0.1) is 0 Å². The summed E-state index contributed by atoms with van der Waals surface area (Å²) in [6.07, 6.45) is 3.33. The zero-order valence-electron chi connectivity index (χ0n) is 15.2. The largest absolute Gasteiger partial charge is 0.497 e. The van der Waals surface area contributed by atoms with Crippen molar-refractivity contribution >= 4 is 17.7 Å². The maximum Gasteiger partial charge on any atom is 0.277 e. The van der Waals surface area contributed by atoms with Gasteiger partial charge in [-0.3, -0.25) is 4.79 Å². The van der Waals surface area contributed by atoms with E-state index in [0.29, 0.717) is 40.0 Å². The van der Waals surface area contributed by atoms with Crippen molar-refractivity contribution in [1.29, 1.82) is 0 Å². The third-order valence-corrected chi connectivity index (χ3v) is 5.29. The van der Waals surface area contributed by atoms with Gasteiger partial charge in [0.25, 0.3) is 11.1 Å². The highest BCUT2D eigenvalue weighted by Gasteiger charge is 2.24. The molecule has 0 bridgehead atoms. The number of benzene rings is 1. The molecule has 2 heterocycles. The third-order valence-electron chi connectivity index (χ3n) is 4.49. The molecular weight excluding hydrogens is 354 g/mol. The molecule has 1 aliphatic rings. The van der Waals surface area contributed by atoms with Gasteiger partial charge in [0.2, 0.25) is 5.91 Å². The van der Waals surface area contributed by atoms with Gasteiger partial charge in [-0.05, 0) is 38.3 Å². The van der Waals surface area contributed by atoms with E-state index in [9.17, 15) is 4.79 Å². The predicted octanol–water partition coefficient (Wildman–Crippen LogP) is 3.25. The number of aromatic nitrogens is 2. The highest BCUT2D eigenvalue weighted by atomic mass is 32.2. The summed E-state index contributed by atoms with van der Waals surface area (Å²) >= 11 is 1.26. The maximum atomic E-state index is 12.4. The van der Waals surface area contributed by atoms with Gasteiger partial charge in [0.05, 0.1) is 25.5 Å². The van der Waals surface area contributed by atoms with Crippen molar-refractivity contribution in [2.75, 3.05) is 26.5 Å². The average molecular weight is 377 g/mol. The van der Waals surface area contributed by atoms with Crippen LogP contribution in [0.25, 0.3) is 11.5 Å². The summed E-state index contributed by atoms with van der Waals surface area (Å²) in [4.78, 5) is 14.4. The second-order valence-corrected chi connectivity index (χ2v) is 7.09. The van der Waals surface area contributed by atoms with Crippen LogP contribution in [0.1, 0.15) is 26.2 Å². The van der Waals surface area contributed by atoms with E-state index >= 15 is 0 Å². The number of hydrogen-bond acceptors (Lipinski definition) is 7. The second-order valence-electron chi connectivity index (χ2n) is 6.16. The maximum absolute atomic E-state index is 12.4. The molecule has 1 unspecified atom stereocenters. The Morgan fingerprint density at radius 2 is 2.15 bits per heavy atom. The molecule has 1 saturated heterocycles. The lowest BCUT2D eigenvalue weighted by Crippen LogP contribution is -2.42. The minimum Gasteiger partial charge on any atom is -0.497 e. The molecule has 1 aromatic carbocycles. The van der Waals surface area contributed by atoms with E-state index < -0.39 is 0 Å². The monoisotopic (exact) mass is 377 g/mol. The van der Waals surface area contributed by atoms with Crippen molar-refractivity contribution in [3.63, 3.8) is 0 Å². The summed E-state index contributed by atoms with van der Waals surface area (Å²) in [5.74, 6) is 2.03. The van der Waals surface area contributed by atoms with Crippen molar-refractivity contribution in [3.05, 3.63) is 18.2 Å².